The highest BCUT2D eigenvalue weighted by Gasteiger charge is 2.38. The molecule has 194 valence electrons. The molecule has 36 heavy (non-hydrogen) atoms. The van der Waals surface area contributed by atoms with Gasteiger partial charge in [-0.2, -0.15) is 13.2 Å². The fraction of sp³-hybridized carbons (Fsp3) is 0.423. The minimum Gasteiger partial charge on any atom is -0.475 e. The van der Waals surface area contributed by atoms with E-state index < -0.39 is 12.1 Å². The third-order valence-electron chi connectivity index (χ3n) is 6.13. The predicted molar refractivity (Wildman–Crippen MR) is 129 cm³/mol. The van der Waals surface area contributed by atoms with Crippen LogP contribution in [0.3, 0.4) is 0 Å². The van der Waals surface area contributed by atoms with Crippen molar-refractivity contribution in [2.24, 2.45) is 0 Å². The molecule has 2 aromatic rings. The fourth-order valence-electron chi connectivity index (χ4n) is 4.32. The number of carboxylic acid groups (broad SMARTS) is 1. The van der Waals surface area contributed by atoms with Crippen molar-refractivity contribution in [2.75, 3.05) is 11.9 Å². The van der Waals surface area contributed by atoms with E-state index in [4.69, 9.17) is 9.90 Å². The van der Waals surface area contributed by atoms with E-state index in [2.05, 4.69) is 40.2 Å². The Morgan fingerprint density at radius 2 is 1.72 bits per heavy atom. The lowest BCUT2D eigenvalue weighted by molar-refractivity contribution is -0.192. The molecule has 1 aliphatic carbocycles. The number of fused-ring (bicyclic) bond motifs is 1. The van der Waals surface area contributed by atoms with Crippen LogP contribution >= 0.6 is 0 Å². The Morgan fingerprint density at radius 3 is 2.42 bits per heavy atom. The monoisotopic (exact) mass is 505 g/mol. The molecule has 4 N–H and O–H groups in total. The number of aryl methyl sites for hydroxylation is 3. The number of carbonyl (C=O) groups excluding carboxylic acids is 2. The smallest absolute Gasteiger partial charge is 0.475 e. The molecular formula is C26H30F3N3O4. The van der Waals surface area contributed by atoms with Crippen molar-refractivity contribution in [3.8, 4) is 0 Å². The van der Waals surface area contributed by atoms with Crippen LogP contribution < -0.4 is 16.0 Å². The van der Waals surface area contributed by atoms with E-state index in [0.29, 0.717) is 19.4 Å². The second-order valence-corrected chi connectivity index (χ2v) is 8.93. The van der Waals surface area contributed by atoms with E-state index in [-0.39, 0.29) is 23.9 Å². The summed E-state index contributed by atoms with van der Waals surface area (Å²) < 4.78 is 31.7. The highest BCUT2D eigenvalue weighted by Crippen LogP contribution is 2.25. The lowest BCUT2D eigenvalue weighted by Gasteiger charge is -2.13. The molecule has 2 aromatic carbocycles. The van der Waals surface area contributed by atoms with Crippen molar-refractivity contribution in [3.05, 3.63) is 65.2 Å². The van der Waals surface area contributed by atoms with Crippen molar-refractivity contribution in [3.63, 3.8) is 0 Å². The topological polar surface area (TPSA) is 108 Å². The molecule has 1 fully saturated rings. The van der Waals surface area contributed by atoms with E-state index in [1.54, 1.807) is 0 Å². The summed E-state index contributed by atoms with van der Waals surface area (Å²) in [6.07, 6.45) is 1.23. The van der Waals surface area contributed by atoms with Crippen molar-refractivity contribution in [2.45, 2.75) is 63.2 Å². The van der Waals surface area contributed by atoms with Crippen molar-refractivity contribution >= 4 is 23.5 Å². The summed E-state index contributed by atoms with van der Waals surface area (Å²) in [4.78, 5) is 33.7. The highest BCUT2D eigenvalue weighted by atomic mass is 19.4. The number of halogens is 3. The minimum absolute atomic E-state index is 0.00926. The predicted octanol–water partition coefficient (Wildman–Crippen LogP) is 3.62. The molecule has 1 heterocycles. The number of amides is 2. The van der Waals surface area contributed by atoms with E-state index in [1.807, 2.05) is 24.3 Å². The largest absolute Gasteiger partial charge is 0.490 e. The van der Waals surface area contributed by atoms with Crippen LogP contribution in [0.4, 0.5) is 18.9 Å². The molecule has 4 rings (SSSR count). The summed E-state index contributed by atoms with van der Waals surface area (Å²) in [5.41, 5.74) is 4.87. The van der Waals surface area contributed by atoms with Gasteiger partial charge < -0.3 is 21.1 Å². The van der Waals surface area contributed by atoms with Gasteiger partial charge in [0.25, 0.3) is 0 Å². The Kier molecular flexibility index (Phi) is 9.46. The Labute approximate surface area is 207 Å². The molecule has 10 heteroatoms. The van der Waals surface area contributed by atoms with Gasteiger partial charge in [-0.25, -0.2) is 4.79 Å². The van der Waals surface area contributed by atoms with Crippen molar-refractivity contribution in [1.82, 2.24) is 10.6 Å². The minimum atomic E-state index is -5.08. The van der Waals surface area contributed by atoms with Crippen molar-refractivity contribution in [1.29, 1.82) is 0 Å². The van der Waals surface area contributed by atoms with Crippen LogP contribution in [-0.2, 0) is 33.6 Å². The van der Waals surface area contributed by atoms with Gasteiger partial charge in [-0.05, 0) is 67.3 Å². The summed E-state index contributed by atoms with van der Waals surface area (Å²) in [5, 5.41) is 16.5. The zero-order chi connectivity index (χ0) is 26.1. The number of benzene rings is 2. The Morgan fingerprint density at radius 1 is 1.03 bits per heavy atom. The third-order valence-corrected chi connectivity index (χ3v) is 6.13. The lowest BCUT2D eigenvalue weighted by Crippen LogP contribution is -2.36. The summed E-state index contributed by atoms with van der Waals surface area (Å²) in [5.74, 6) is -2.72. The Hall–Kier alpha value is -3.40. The molecular weight excluding hydrogens is 475 g/mol. The van der Waals surface area contributed by atoms with Crippen LogP contribution in [0.25, 0.3) is 0 Å². The van der Waals surface area contributed by atoms with Gasteiger partial charge in [0.05, 0.1) is 6.04 Å². The molecule has 0 unspecified atom stereocenters. The maximum atomic E-state index is 12.6. The number of carboxylic acids is 1. The number of aliphatic carboxylic acids is 1. The average molecular weight is 506 g/mol. The van der Waals surface area contributed by atoms with Crippen LogP contribution in [0.2, 0.25) is 0 Å². The van der Waals surface area contributed by atoms with E-state index >= 15 is 0 Å². The first kappa shape index (κ1) is 27.2. The molecule has 0 spiro atoms. The Bertz CT molecular complexity index is 1060. The molecule has 0 saturated carbocycles. The number of rotatable bonds is 7. The van der Waals surface area contributed by atoms with Crippen LogP contribution in [0, 0.1) is 0 Å². The molecule has 2 atom stereocenters. The molecule has 1 aliphatic heterocycles. The SMILES string of the molecule is O=C(CCCc1ccccc1)N[C@H]1CN[C@H](C(=O)Nc2ccc3c(c2)CCC3)C1.O=C(O)C(F)(F)F. The maximum absolute atomic E-state index is 12.6. The average Bonchev–Trinajstić information content (AvgIpc) is 3.49. The van der Waals surface area contributed by atoms with Gasteiger partial charge in [0.1, 0.15) is 0 Å². The van der Waals surface area contributed by atoms with Gasteiger partial charge in [-0.3, -0.25) is 9.59 Å². The number of hydrogen-bond donors (Lipinski definition) is 4. The molecule has 0 aromatic heterocycles. The summed E-state index contributed by atoms with van der Waals surface area (Å²) >= 11 is 0. The first-order valence-corrected chi connectivity index (χ1v) is 11.9. The summed E-state index contributed by atoms with van der Waals surface area (Å²) in [7, 11) is 0. The fourth-order valence-corrected chi connectivity index (χ4v) is 4.32. The molecule has 2 aliphatic rings. The van der Waals surface area contributed by atoms with Gasteiger partial charge in [0.15, 0.2) is 0 Å². The number of anilines is 1. The zero-order valence-corrected chi connectivity index (χ0v) is 19.7. The third kappa shape index (κ3) is 8.37. The van der Waals surface area contributed by atoms with Crippen LogP contribution in [0.15, 0.2) is 48.5 Å². The summed E-state index contributed by atoms with van der Waals surface area (Å²) in [6.45, 7) is 0.632. The van der Waals surface area contributed by atoms with Crippen LogP contribution in [-0.4, -0.2) is 47.7 Å². The molecule has 2 amide bonds. The highest BCUT2D eigenvalue weighted by molar-refractivity contribution is 5.95. The van der Waals surface area contributed by atoms with Gasteiger partial charge in [0, 0.05) is 24.7 Å². The molecule has 7 nitrogen and oxygen atoms in total. The molecule has 0 radical (unpaired) electrons. The first-order chi connectivity index (χ1) is 17.1. The quantitative estimate of drug-likeness (QED) is 0.460. The lowest BCUT2D eigenvalue weighted by atomic mass is 10.1. The zero-order valence-electron chi connectivity index (χ0n) is 19.7. The number of nitrogens with one attached hydrogen (secondary N) is 3. The van der Waals surface area contributed by atoms with Crippen molar-refractivity contribution < 1.29 is 32.7 Å². The van der Waals surface area contributed by atoms with Crippen LogP contribution in [0.1, 0.15) is 42.4 Å². The molecule has 1 saturated heterocycles. The number of hydrogen-bond acceptors (Lipinski definition) is 4. The van der Waals surface area contributed by atoms with Gasteiger partial charge >= 0.3 is 12.1 Å². The maximum Gasteiger partial charge on any atom is 0.490 e. The number of alkyl halides is 3. The van der Waals surface area contributed by atoms with Gasteiger partial charge in [-0.1, -0.05) is 36.4 Å². The van der Waals surface area contributed by atoms with E-state index in [1.165, 1.54) is 23.1 Å². The standard InChI is InChI=1S/C24H29N3O2.C2HF3O2/c28-23(11-4-8-17-6-2-1-3-7-17)26-21-15-22(25-16-21)24(29)27-20-13-12-18-9-5-10-19(18)14-20;3-2(4,5)1(6)7/h1-3,6-7,12-14,21-22,25H,4-5,8-11,15-16H2,(H,26,28)(H,27,29);(H,6,7)/t21-,22+;/m1./s1. The van der Waals surface area contributed by atoms with E-state index in [9.17, 15) is 22.8 Å². The second kappa shape index (κ2) is 12.5. The summed E-state index contributed by atoms with van der Waals surface area (Å²) in [6, 6.07) is 16.2. The second-order valence-electron chi connectivity index (χ2n) is 8.93. The first-order valence-electron chi connectivity index (χ1n) is 11.9. The Balaban J connectivity index is 0.000000454. The van der Waals surface area contributed by atoms with Gasteiger partial charge in [0.2, 0.25) is 11.8 Å². The normalized spacial score (nSPS) is 18.5. The molecule has 0 bridgehead atoms. The van der Waals surface area contributed by atoms with Crippen LogP contribution in [0.5, 0.6) is 0 Å². The number of carbonyl (C=O) groups is 3. The van der Waals surface area contributed by atoms with E-state index in [0.717, 1.165) is 31.4 Å². The van der Waals surface area contributed by atoms with Gasteiger partial charge in [-0.15, -0.1) is 0 Å².